The first kappa shape index (κ1) is 19.0. The van der Waals surface area contributed by atoms with E-state index in [1.54, 1.807) is 19.1 Å². The normalized spacial score (nSPS) is 12.0. The zero-order valence-corrected chi connectivity index (χ0v) is 16.4. The third kappa shape index (κ3) is 4.57. The summed E-state index contributed by atoms with van der Waals surface area (Å²) in [6, 6.07) is 9.21. The summed E-state index contributed by atoms with van der Waals surface area (Å²) in [6.07, 6.45) is -0.0594. The number of hydrogen-bond donors (Lipinski definition) is 1. The predicted molar refractivity (Wildman–Crippen MR) is 104 cm³/mol. The summed E-state index contributed by atoms with van der Waals surface area (Å²) in [6.45, 7) is 1.86. The zero-order valence-electron chi connectivity index (χ0n) is 15.6. The van der Waals surface area contributed by atoms with Gasteiger partial charge in [0.1, 0.15) is 5.76 Å². The summed E-state index contributed by atoms with van der Waals surface area (Å²) in [4.78, 5) is 29.2. The molecule has 0 saturated heterocycles. The third-order valence-corrected chi connectivity index (χ3v) is 5.09. The van der Waals surface area contributed by atoms with E-state index in [4.69, 9.17) is 18.6 Å². The van der Waals surface area contributed by atoms with E-state index in [0.29, 0.717) is 35.4 Å². The molecule has 1 aliphatic heterocycles. The molecule has 8 nitrogen and oxygen atoms in total. The SMILES string of the molecule is Cc1oc(-c2cccs2)nc1CC(=O)OCC(=O)NCc1ccc2c(c1)OCO2. The molecule has 0 saturated carbocycles. The van der Waals surface area contributed by atoms with Crippen molar-refractivity contribution in [3.63, 3.8) is 0 Å². The van der Waals surface area contributed by atoms with Gasteiger partial charge in [-0.05, 0) is 36.1 Å². The molecule has 0 radical (unpaired) electrons. The number of aryl methyl sites for hydroxylation is 1. The summed E-state index contributed by atoms with van der Waals surface area (Å²) in [5.41, 5.74) is 1.35. The first-order valence-corrected chi connectivity index (χ1v) is 9.77. The lowest BCUT2D eigenvalue weighted by Gasteiger charge is -2.07. The Labute approximate surface area is 170 Å². The van der Waals surface area contributed by atoms with Gasteiger partial charge in [0.2, 0.25) is 12.7 Å². The number of carbonyl (C=O) groups excluding carboxylic acids is 2. The van der Waals surface area contributed by atoms with Crippen molar-refractivity contribution in [2.45, 2.75) is 19.9 Å². The minimum Gasteiger partial charge on any atom is -0.455 e. The average molecular weight is 414 g/mol. The molecule has 1 amide bonds. The molecular formula is C20H18N2O6S. The Bertz CT molecular complexity index is 1030. The maximum atomic E-state index is 12.1. The van der Waals surface area contributed by atoms with Crippen molar-refractivity contribution in [3.8, 4) is 22.3 Å². The lowest BCUT2D eigenvalue weighted by Crippen LogP contribution is -2.28. The number of benzene rings is 1. The molecule has 0 spiro atoms. The standard InChI is InChI=1S/C20H18N2O6S/c1-12-14(22-20(28-12)17-3-2-6-29-17)8-19(24)25-10-18(23)21-9-13-4-5-15-16(7-13)27-11-26-15/h2-7H,8-11H2,1H3,(H,21,23). The van der Waals surface area contributed by atoms with Crippen LogP contribution < -0.4 is 14.8 Å². The van der Waals surface area contributed by atoms with Crippen LogP contribution in [0.25, 0.3) is 10.8 Å². The van der Waals surface area contributed by atoms with Crippen LogP contribution in [0.15, 0.2) is 40.1 Å². The number of carbonyl (C=O) groups is 2. The second-order valence-electron chi connectivity index (χ2n) is 6.30. The van der Waals surface area contributed by atoms with Crippen LogP contribution in [0.3, 0.4) is 0 Å². The molecule has 4 rings (SSSR count). The van der Waals surface area contributed by atoms with Crippen molar-refractivity contribution < 1.29 is 28.2 Å². The maximum absolute atomic E-state index is 12.1. The highest BCUT2D eigenvalue weighted by Crippen LogP contribution is 2.32. The third-order valence-electron chi connectivity index (χ3n) is 4.23. The van der Waals surface area contributed by atoms with Gasteiger partial charge in [0.25, 0.3) is 5.91 Å². The molecule has 150 valence electrons. The van der Waals surface area contributed by atoms with Gasteiger partial charge in [0.05, 0.1) is 17.0 Å². The van der Waals surface area contributed by atoms with Gasteiger partial charge in [-0.15, -0.1) is 11.3 Å². The number of ether oxygens (including phenoxy) is 3. The molecular weight excluding hydrogens is 396 g/mol. The molecule has 1 N–H and O–H groups in total. The fraction of sp³-hybridized carbons (Fsp3) is 0.250. The summed E-state index contributed by atoms with van der Waals surface area (Å²) in [5, 5.41) is 4.62. The predicted octanol–water partition coefficient (Wildman–Crippen LogP) is 2.84. The zero-order chi connectivity index (χ0) is 20.2. The highest BCUT2D eigenvalue weighted by molar-refractivity contribution is 7.13. The van der Waals surface area contributed by atoms with Crippen molar-refractivity contribution in [1.82, 2.24) is 10.3 Å². The molecule has 3 heterocycles. The smallest absolute Gasteiger partial charge is 0.312 e. The highest BCUT2D eigenvalue weighted by atomic mass is 32.1. The molecule has 0 aliphatic carbocycles. The number of nitrogens with one attached hydrogen (secondary N) is 1. The Morgan fingerprint density at radius 3 is 2.93 bits per heavy atom. The Hall–Kier alpha value is -3.33. The molecule has 0 atom stereocenters. The molecule has 1 aromatic carbocycles. The number of hydrogen-bond acceptors (Lipinski definition) is 8. The van der Waals surface area contributed by atoms with Crippen LogP contribution in [0.4, 0.5) is 0 Å². The van der Waals surface area contributed by atoms with Crippen molar-refractivity contribution in [3.05, 3.63) is 52.7 Å². The molecule has 0 fully saturated rings. The molecule has 29 heavy (non-hydrogen) atoms. The molecule has 1 aliphatic rings. The summed E-state index contributed by atoms with van der Waals surface area (Å²) in [7, 11) is 0. The minimum atomic E-state index is -0.544. The summed E-state index contributed by atoms with van der Waals surface area (Å²) >= 11 is 1.50. The second kappa shape index (κ2) is 8.36. The van der Waals surface area contributed by atoms with Crippen molar-refractivity contribution in [2.24, 2.45) is 0 Å². The average Bonchev–Trinajstić information content (AvgIpc) is 3.46. The van der Waals surface area contributed by atoms with Gasteiger partial charge in [-0.3, -0.25) is 9.59 Å². The van der Waals surface area contributed by atoms with E-state index in [-0.39, 0.29) is 19.8 Å². The van der Waals surface area contributed by atoms with Crippen LogP contribution in [-0.2, 0) is 27.3 Å². The van der Waals surface area contributed by atoms with Crippen molar-refractivity contribution in [2.75, 3.05) is 13.4 Å². The summed E-state index contributed by atoms with van der Waals surface area (Å²) in [5.74, 6) is 1.41. The van der Waals surface area contributed by atoms with E-state index < -0.39 is 11.9 Å². The Morgan fingerprint density at radius 2 is 2.10 bits per heavy atom. The number of oxazole rings is 1. The molecule has 3 aromatic rings. The first-order valence-electron chi connectivity index (χ1n) is 8.89. The van der Waals surface area contributed by atoms with Crippen LogP contribution >= 0.6 is 11.3 Å². The molecule has 0 unspecified atom stereocenters. The number of fused-ring (bicyclic) bond motifs is 1. The Morgan fingerprint density at radius 1 is 1.24 bits per heavy atom. The van der Waals surface area contributed by atoms with E-state index in [1.165, 1.54) is 11.3 Å². The number of thiophene rings is 1. The lowest BCUT2D eigenvalue weighted by atomic mass is 10.2. The molecule has 9 heteroatoms. The van der Waals surface area contributed by atoms with Crippen molar-refractivity contribution in [1.29, 1.82) is 0 Å². The van der Waals surface area contributed by atoms with Gasteiger partial charge in [0.15, 0.2) is 18.1 Å². The van der Waals surface area contributed by atoms with Crippen molar-refractivity contribution >= 4 is 23.2 Å². The van der Waals surface area contributed by atoms with E-state index >= 15 is 0 Å². The fourth-order valence-electron chi connectivity index (χ4n) is 2.73. The second-order valence-corrected chi connectivity index (χ2v) is 7.25. The number of rotatable bonds is 7. The van der Waals surface area contributed by atoms with E-state index in [9.17, 15) is 9.59 Å². The molecule has 0 bridgehead atoms. The van der Waals surface area contributed by atoms with Gasteiger partial charge >= 0.3 is 5.97 Å². The van der Waals surface area contributed by atoms with E-state index in [1.807, 2.05) is 23.6 Å². The van der Waals surface area contributed by atoms with E-state index in [0.717, 1.165) is 10.4 Å². The van der Waals surface area contributed by atoms with Crippen LogP contribution in [-0.4, -0.2) is 30.3 Å². The Balaban J connectivity index is 1.24. The number of esters is 1. The van der Waals surface area contributed by atoms with Gasteiger partial charge in [-0.25, -0.2) is 4.98 Å². The van der Waals surface area contributed by atoms with Crippen LogP contribution in [0.1, 0.15) is 17.0 Å². The summed E-state index contributed by atoms with van der Waals surface area (Å²) < 4.78 is 21.2. The highest BCUT2D eigenvalue weighted by Gasteiger charge is 2.17. The first-order chi connectivity index (χ1) is 14.1. The largest absolute Gasteiger partial charge is 0.455 e. The Kier molecular flexibility index (Phi) is 5.48. The molecule has 2 aromatic heterocycles. The topological polar surface area (TPSA) is 99.9 Å². The van der Waals surface area contributed by atoms with Gasteiger partial charge in [-0.1, -0.05) is 12.1 Å². The van der Waals surface area contributed by atoms with Crippen LogP contribution in [0.5, 0.6) is 11.5 Å². The van der Waals surface area contributed by atoms with Crippen LogP contribution in [0.2, 0.25) is 0 Å². The fourth-order valence-corrected chi connectivity index (χ4v) is 3.38. The number of nitrogens with zero attached hydrogens (tertiary/aromatic N) is 1. The monoisotopic (exact) mass is 414 g/mol. The number of aromatic nitrogens is 1. The van der Waals surface area contributed by atoms with Gasteiger partial charge in [-0.2, -0.15) is 0 Å². The number of amides is 1. The quantitative estimate of drug-likeness (QED) is 0.594. The van der Waals surface area contributed by atoms with Gasteiger partial charge < -0.3 is 23.9 Å². The minimum absolute atomic E-state index is 0.0594. The van der Waals surface area contributed by atoms with Gasteiger partial charge in [0, 0.05) is 6.54 Å². The van der Waals surface area contributed by atoms with Crippen LogP contribution in [0, 0.1) is 6.92 Å². The lowest BCUT2D eigenvalue weighted by molar-refractivity contribution is -0.148. The van der Waals surface area contributed by atoms with E-state index in [2.05, 4.69) is 10.3 Å². The maximum Gasteiger partial charge on any atom is 0.312 e.